The average molecular weight is 298 g/mol. The Morgan fingerprint density at radius 2 is 2.00 bits per heavy atom. The highest BCUT2D eigenvalue weighted by Crippen LogP contribution is 2.33. The lowest BCUT2D eigenvalue weighted by Crippen LogP contribution is -2.40. The lowest BCUT2D eigenvalue weighted by Gasteiger charge is -2.32. The number of fused-ring (bicyclic) bond motifs is 1. The van der Waals surface area contributed by atoms with Crippen molar-refractivity contribution < 1.29 is 0 Å². The number of anilines is 2. The van der Waals surface area contributed by atoms with Crippen molar-refractivity contribution in [2.24, 2.45) is 5.73 Å². The van der Waals surface area contributed by atoms with Crippen LogP contribution in [0.3, 0.4) is 0 Å². The third kappa shape index (κ3) is 2.88. The van der Waals surface area contributed by atoms with E-state index in [0.717, 1.165) is 31.7 Å². The third-order valence-electron chi connectivity index (χ3n) is 4.36. The molecule has 4 nitrogen and oxygen atoms in total. The monoisotopic (exact) mass is 298 g/mol. The maximum Gasteiger partial charge on any atom is 0.136 e. The summed E-state index contributed by atoms with van der Waals surface area (Å²) in [5, 5.41) is 6.08. The van der Waals surface area contributed by atoms with Gasteiger partial charge in [-0.15, -0.1) is 0 Å². The molecule has 0 bridgehead atoms. The van der Waals surface area contributed by atoms with Crippen molar-refractivity contribution in [3.05, 3.63) is 30.0 Å². The molecule has 0 saturated carbocycles. The Labute approximate surface area is 132 Å². The summed E-state index contributed by atoms with van der Waals surface area (Å²) in [5.74, 6) is 1.10. The number of hydrogen-bond donors (Lipinski definition) is 2. The Kier molecular flexibility index (Phi) is 4.21. The molecule has 2 heterocycles. The molecule has 1 fully saturated rings. The van der Waals surface area contributed by atoms with Crippen LogP contribution in [0.1, 0.15) is 32.3 Å². The van der Waals surface area contributed by atoms with Gasteiger partial charge in [0.15, 0.2) is 0 Å². The predicted octanol–water partition coefficient (Wildman–Crippen LogP) is 3.29. The van der Waals surface area contributed by atoms with Crippen molar-refractivity contribution in [3.63, 3.8) is 0 Å². The van der Waals surface area contributed by atoms with Gasteiger partial charge in [-0.1, -0.05) is 12.1 Å². The highest BCUT2D eigenvalue weighted by atomic mass is 15.2. The highest BCUT2D eigenvalue weighted by Gasteiger charge is 2.20. The number of benzene rings is 1. The number of nitrogens with one attached hydrogen (secondary N) is 1. The van der Waals surface area contributed by atoms with Crippen molar-refractivity contribution in [2.45, 2.75) is 45.7 Å². The molecule has 4 heteroatoms. The topological polar surface area (TPSA) is 54.2 Å². The minimum Gasteiger partial charge on any atom is -0.382 e. The van der Waals surface area contributed by atoms with E-state index in [4.69, 9.17) is 10.7 Å². The van der Waals surface area contributed by atoms with Crippen LogP contribution in [-0.2, 0) is 0 Å². The molecule has 0 spiro atoms. The molecule has 3 N–H and O–H groups in total. The summed E-state index contributed by atoms with van der Waals surface area (Å²) in [7, 11) is 0. The second-order valence-corrected chi connectivity index (χ2v) is 6.62. The molecule has 0 amide bonds. The van der Waals surface area contributed by atoms with E-state index in [0.29, 0.717) is 12.1 Å². The Bertz CT molecular complexity index is 657. The maximum absolute atomic E-state index is 6.03. The van der Waals surface area contributed by atoms with E-state index in [-0.39, 0.29) is 0 Å². The molecule has 3 rings (SSSR count). The van der Waals surface area contributed by atoms with Crippen LogP contribution in [-0.4, -0.2) is 30.2 Å². The van der Waals surface area contributed by atoms with E-state index in [2.05, 4.69) is 49.2 Å². The van der Waals surface area contributed by atoms with E-state index in [1.165, 1.54) is 22.0 Å². The number of aromatic nitrogens is 1. The minimum absolute atomic E-state index is 0.339. The maximum atomic E-state index is 6.03. The molecular formula is C18H26N4. The molecule has 1 saturated heterocycles. The van der Waals surface area contributed by atoms with E-state index in [1.807, 2.05) is 6.20 Å². The van der Waals surface area contributed by atoms with Crippen LogP contribution >= 0.6 is 0 Å². The number of nitrogens with two attached hydrogens (primary N) is 1. The first-order valence-corrected chi connectivity index (χ1v) is 8.21. The lowest BCUT2D eigenvalue weighted by atomic mass is 10.0. The molecular weight excluding hydrogens is 272 g/mol. The molecule has 0 aliphatic carbocycles. The number of aryl methyl sites for hydroxylation is 1. The molecule has 1 aromatic carbocycles. The smallest absolute Gasteiger partial charge is 0.136 e. The molecule has 118 valence electrons. The van der Waals surface area contributed by atoms with Crippen molar-refractivity contribution >= 4 is 22.3 Å². The Morgan fingerprint density at radius 3 is 2.68 bits per heavy atom. The summed E-state index contributed by atoms with van der Waals surface area (Å²) < 4.78 is 0. The van der Waals surface area contributed by atoms with Crippen LogP contribution in [0.4, 0.5) is 11.5 Å². The van der Waals surface area contributed by atoms with Gasteiger partial charge in [-0.05, 0) is 45.2 Å². The predicted molar refractivity (Wildman–Crippen MR) is 94.7 cm³/mol. The normalized spacial score (nSPS) is 16.5. The van der Waals surface area contributed by atoms with Crippen molar-refractivity contribution in [1.29, 1.82) is 0 Å². The molecule has 0 radical (unpaired) electrons. The van der Waals surface area contributed by atoms with Gasteiger partial charge in [0.1, 0.15) is 5.82 Å². The summed E-state index contributed by atoms with van der Waals surface area (Å²) in [6.07, 6.45) is 4.08. The third-order valence-corrected chi connectivity index (χ3v) is 4.36. The average Bonchev–Trinajstić information content (AvgIpc) is 2.48. The zero-order valence-electron chi connectivity index (χ0n) is 13.8. The fraction of sp³-hybridized carbons (Fsp3) is 0.500. The van der Waals surface area contributed by atoms with E-state index in [1.54, 1.807) is 0 Å². The number of nitrogens with zero attached hydrogens (tertiary/aromatic N) is 2. The van der Waals surface area contributed by atoms with Gasteiger partial charge in [-0.2, -0.15) is 0 Å². The zero-order valence-corrected chi connectivity index (χ0v) is 13.8. The summed E-state index contributed by atoms with van der Waals surface area (Å²) in [4.78, 5) is 7.11. The van der Waals surface area contributed by atoms with Gasteiger partial charge in [0.05, 0.1) is 0 Å². The lowest BCUT2D eigenvalue weighted by molar-refractivity contribution is 0.499. The van der Waals surface area contributed by atoms with Gasteiger partial charge in [-0.25, -0.2) is 4.98 Å². The fourth-order valence-electron chi connectivity index (χ4n) is 3.25. The van der Waals surface area contributed by atoms with Gasteiger partial charge in [0, 0.05) is 47.8 Å². The number of piperidine rings is 1. The van der Waals surface area contributed by atoms with Crippen LogP contribution in [0.5, 0.6) is 0 Å². The van der Waals surface area contributed by atoms with Crippen molar-refractivity contribution in [3.8, 4) is 0 Å². The molecule has 1 aliphatic rings. The first-order chi connectivity index (χ1) is 10.6. The fourth-order valence-corrected chi connectivity index (χ4v) is 3.25. The second kappa shape index (κ2) is 6.13. The molecule has 0 unspecified atom stereocenters. The van der Waals surface area contributed by atoms with Gasteiger partial charge in [0.25, 0.3) is 0 Å². The summed E-state index contributed by atoms with van der Waals surface area (Å²) in [5.41, 5.74) is 8.45. The number of hydrogen-bond acceptors (Lipinski definition) is 4. The summed E-state index contributed by atoms with van der Waals surface area (Å²) in [6.45, 7) is 8.46. The van der Waals surface area contributed by atoms with Gasteiger partial charge in [0.2, 0.25) is 0 Å². The van der Waals surface area contributed by atoms with Crippen LogP contribution < -0.4 is 16.0 Å². The Hall–Kier alpha value is -1.81. The molecule has 0 atom stereocenters. The largest absolute Gasteiger partial charge is 0.382 e. The summed E-state index contributed by atoms with van der Waals surface area (Å²) in [6, 6.07) is 7.21. The van der Waals surface area contributed by atoms with Crippen LogP contribution in [0.25, 0.3) is 10.8 Å². The van der Waals surface area contributed by atoms with E-state index in [9.17, 15) is 0 Å². The van der Waals surface area contributed by atoms with Gasteiger partial charge >= 0.3 is 0 Å². The standard InChI is InChI=1S/C18H26N4/c1-12(2)21-16-6-4-5-15-17(16)13(3)11-20-18(15)22-9-7-14(19)8-10-22/h4-6,11-12,14,21H,7-10,19H2,1-3H3. The van der Waals surface area contributed by atoms with E-state index >= 15 is 0 Å². The SMILES string of the molecule is Cc1cnc(N2CCC(N)CC2)c2cccc(NC(C)C)c12. The zero-order chi connectivity index (χ0) is 15.7. The van der Waals surface area contributed by atoms with Crippen molar-refractivity contribution in [1.82, 2.24) is 4.98 Å². The molecule has 1 aliphatic heterocycles. The van der Waals surface area contributed by atoms with Crippen LogP contribution in [0, 0.1) is 6.92 Å². The second-order valence-electron chi connectivity index (χ2n) is 6.62. The number of rotatable bonds is 3. The van der Waals surface area contributed by atoms with Crippen molar-refractivity contribution in [2.75, 3.05) is 23.3 Å². The molecule has 2 aromatic rings. The van der Waals surface area contributed by atoms with E-state index < -0.39 is 0 Å². The molecule has 22 heavy (non-hydrogen) atoms. The van der Waals surface area contributed by atoms with Gasteiger partial charge in [-0.3, -0.25) is 0 Å². The van der Waals surface area contributed by atoms with Gasteiger partial charge < -0.3 is 16.0 Å². The first kappa shape index (κ1) is 15.1. The summed E-state index contributed by atoms with van der Waals surface area (Å²) >= 11 is 0. The number of pyridine rings is 1. The Balaban J connectivity index is 2.07. The quantitative estimate of drug-likeness (QED) is 0.913. The first-order valence-electron chi connectivity index (χ1n) is 8.21. The Morgan fingerprint density at radius 1 is 1.27 bits per heavy atom. The highest BCUT2D eigenvalue weighted by molar-refractivity contribution is 6.02. The minimum atomic E-state index is 0.339. The molecule has 1 aromatic heterocycles. The van der Waals surface area contributed by atoms with Crippen LogP contribution in [0.2, 0.25) is 0 Å². The van der Waals surface area contributed by atoms with Crippen LogP contribution in [0.15, 0.2) is 24.4 Å².